The average Bonchev–Trinajstić information content (AvgIpc) is 2.45. The van der Waals surface area contributed by atoms with E-state index in [9.17, 15) is 5.11 Å². The number of aliphatic hydroxyl groups excluding tert-OH is 1. The van der Waals surface area contributed by atoms with E-state index in [4.69, 9.17) is 0 Å². The first-order valence-electron chi connectivity index (χ1n) is 6.16. The molecule has 1 heterocycles. The van der Waals surface area contributed by atoms with Crippen LogP contribution in [0.4, 0.5) is 0 Å². The van der Waals surface area contributed by atoms with Gasteiger partial charge in [0.2, 0.25) is 0 Å². The maximum absolute atomic E-state index is 9.38. The number of benzene rings is 1. The molecule has 0 aliphatic rings. The molecule has 1 aromatic carbocycles. The highest BCUT2D eigenvalue weighted by Gasteiger charge is 2.08. The first-order valence-corrected chi connectivity index (χ1v) is 6.16. The molecule has 18 heavy (non-hydrogen) atoms. The second kappa shape index (κ2) is 6.89. The molecule has 2 aromatic rings. The third-order valence-electron chi connectivity index (χ3n) is 2.84. The molecule has 0 radical (unpaired) electrons. The first kappa shape index (κ1) is 12.7. The summed E-state index contributed by atoms with van der Waals surface area (Å²) >= 11 is 0. The lowest BCUT2D eigenvalue weighted by atomic mass is 10.1. The Balaban J connectivity index is 1.86. The van der Waals surface area contributed by atoms with Gasteiger partial charge in [-0.15, -0.1) is 0 Å². The fourth-order valence-corrected chi connectivity index (χ4v) is 1.83. The smallest absolute Gasteiger partial charge is 0.0588 e. The van der Waals surface area contributed by atoms with Crippen molar-refractivity contribution >= 4 is 0 Å². The highest BCUT2D eigenvalue weighted by Crippen LogP contribution is 2.02. The molecule has 3 nitrogen and oxygen atoms in total. The molecule has 1 aromatic heterocycles. The van der Waals surface area contributed by atoms with Crippen LogP contribution in [0.15, 0.2) is 54.7 Å². The molecule has 0 unspecified atom stereocenters. The number of aromatic nitrogens is 1. The van der Waals surface area contributed by atoms with Crippen molar-refractivity contribution in [2.75, 3.05) is 6.61 Å². The second-order valence-corrected chi connectivity index (χ2v) is 4.27. The first-order chi connectivity index (χ1) is 8.88. The van der Waals surface area contributed by atoms with Crippen LogP contribution in [0.1, 0.15) is 11.3 Å². The molecule has 94 valence electrons. The lowest BCUT2D eigenvalue weighted by Gasteiger charge is -2.15. The monoisotopic (exact) mass is 242 g/mol. The van der Waals surface area contributed by atoms with Gasteiger partial charge in [-0.25, -0.2) is 0 Å². The minimum atomic E-state index is 0.0418. The van der Waals surface area contributed by atoms with Crippen molar-refractivity contribution in [2.45, 2.75) is 19.0 Å². The van der Waals surface area contributed by atoms with Crippen molar-refractivity contribution in [3.63, 3.8) is 0 Å². The maximum Gasteiger partial charge on any atom is 0.0588 e. The Morgan fingerprint density at radius 2 is 1.83 bits per heavy atom. The SMILES string of the molecule is OC[C@H](Cc1ccccn1)NCc1ccccc1. The summed E-state index contributed by atoms with van der Waals surface area (Å²) in [6.07, 6.45) is 2.52. The third-order valence-corrected chi connectivity index (χ3v) is 2.84. The molecular formula is C15H18N2O. The quantitative estimate of drug-likeness (QED) is 0.811. The summed E-state index contributed by atoms with van der Waals surface area (Å²) in [5.41, 5.74) is 2.22. The summed E-state index contributed by atoms with van der Waals surface area (Å²) in [6, 6.07) is 16.1. The number of aliphatic hydroxyl groups is 1. The van der Waals surface area contributed by atoms with Crippen LogP contribution >= 0.6 is 0 Å². The van der Waals surface area contributed by atoms with Crippen LogP contribution in [0.5, 0.6) is 0 Å². The van der Waals surface area contributed by atoms with Crippen LogP contribution in [-0.4, -0.2) is 22.7 Å². The number of rotatable bonds is 6. The molecule has 0 saturated heterocycles. The second-order valence-electron chi connectivity index (χ2n) is 4.27. The van der Waals surface area contributed by atoms with Gasteiger partial charge in [-0.2, -0.15) is 0 Å². The van der Waals surface area contributed by atoms with Crippen molar-refractivity contribution in [3.8, 4) is 0 Å². The Kier molecular flexibility index (Phi) is 4.88. The van der Waals surface area contributed by atoms with Gasteiger partial charge in [0.25, 0.3) is 0 Å². The van der Waals surface area contributed by atoms with Gasteiger partial charge in [0.1, 0.15) is 0 Å². The van der Waals surface area contributed by atoms with Gasteiger partial charge in [0.05, 0.1) is 6.61 Å². The van der Waals surface area contributed by atoms with E-state index in [-0.39, 0.29) is 12.6 Å². The normalized spacial score (nSPS) is 12.3. The molecule has 2 rings (SSSR count). The number of pyridine rings is 1. The molecule has 0 aliphatic heterocycles. The van der Waals surface area contributed by atoms with Crippen LogP contribution in [0.25, 0.3) is 0 Å². The number of nitrogens with one attached hydrogen (secondary N) is 1. The zero-order chi connectivity index (χ0) is 12.6. The number of hydrogen-bond acceptors (Lipinski definition) is 3. The Labute approximate surface area is 108 Å². The van der Waals surface area contributed by atoms with Gasteiger partial charge in [0.15, 0.2) is 0 Å². The molecule has 0 saturated carbocycles. The molecule has 0 aliphatic carbocycles. The predicted octanol–water partition coefficient (Wildman–Crippen LogP) is 1.77. The van der Waals surface area contributed by atoms with Crippen LogP contribution in [0.2, 0.25) is 0 Å². The number of hydrogen-bond donors (Lipinski definition) is 2. The Bertz CT molecular complexity index is 445. The molecular weight excluding hydrogens is 224 g/mol. The topological polar surface area (TPSA) is 45.2 Å². The Morgan fingerprint density at radius 1 is 1.06 bits per heavy atom. The zero-order valence-corrected chi connectivity index (χ0v) is 10.3. The van der Waals surface area contributed by atoms with E-state index >= 15 is 0 Å². The van der Waals surface area contributed by atoms with Crippen LogP contribution in [0, 0.1) is 0 Å². The van der Waals surface area contributed by atoms with Crippen LogP contribution in [-0.2, 0) is 13.0 Å². The summed E-state index contributed by atoms with van der Waals surface area (Å²) in [4.78, 5) is 4.27. The van der Waals surface area contributed by atoms with Gasteiger partial charge in [-0.05, 0) is 17.7 Å². The molecule has 2 N–H and O–H groups in total. The maximum atomic E-state index is 9.38. The molecule has 0 bridgehead atoms. The third kappa shape index (κ3) is 3.95. The van der Waals surface area contributed by atoms with Crippen LogP contribution < -0.4 is 5.32 Å². The van der Waals surface area contributed by atoms with Gasteiger partial charge in [0, 0.05) is 30.9 Å². The summed E-state index contributed by atoms with van der Waals surface area (Å²) in [6.45, 7) is 0.877. The summed E-state index contributed by atoms with van der Waals surface area (Å²) < 4.78 is 0. The molecule has 1 atom stereocenters. The van der Waals surface area contributed by atoms with E-state index in [0.29, 0.717) is 0 Å². The Morgan fingerprint density at radius 3 is 2.50 bits per heavy atom. The average molecular weight is 242 g/mol. The van der Waals surface area contributed by atoms with E-state index in [1.54, 1.807) is 6.20 Å². The van der Waals surface area contributed by atoms with E-state index in [0.717, 1.165) is 18.7 Å². The largest absolute Gasteiger partial charge is 0.395 e. The van der Waals surface area contributed by atoms with Gasteiger partial charge < -0.3 is 10.4 Å². The lowest BCUT2D eigenvalue weighted by Crippen LogP contribution is -2.34. The fourth-order valence-electron chi connectivity index (χ4n) is 1.83. The van der Waals surface area contributed by atoms with Crippen LogP contribution in [0.3, 0.4) is 0 Å². The zero-order valence-electron chi connectivity index (χ0n) is 10.3. The van der Waals surface area contributed by atoms with Crippen molar-refractivity contribution in [3.05, 3.63) is 66.0 Å². The van der Waals surface area contributed by atoms with E-state index in [1.807, 2.05) is 36.4 Å². The minimum Gasteiger partial charge on any atom is -0.395 e. The highest BCUT2D eigenvalue weighted by atomic mass is 16.3. The van der Waals surface area contributed by atoms with Crippen molar-refractivity contribution in [1.82, 2.24) is 10.3 Å². The van der Waals surface area contributed by atoms with E-state index < -0.39 is 0 Å². The van der Waals surface area contributed by atoms with Gasteiger partial charge in [-0.3, -0.25) is 4.98 Å². The van der Waals surface area contributed by atoms with E-state index in [2.05, 4.69) is 22.4 Å². The molecule has 0 spiro atoms. The standard InChI is InChI=1S/C15H18N2O/c18-12-15(10-14-8-4-5-9-16-14)17-11-13-6-2-1-3-7-13/h1-9,15,17-18H,10-12H2/t15-/m0/s1. The Hall–Kier alpha value is -1.71. The van der Waals surface area contributed by atoms with Crippen molar-refractivity contribution < 1.29 is 5.11 Å². The number of nitrogens with zero attached hydrogens (tertiary/aromatic N) is 1. The summed E-state index contributed by atoms with van der Waals surface area (Å²) in [7, 11) is 0. The van der Waals surface area contributed by atoms with Gasteiger partial charge in [-0.1, -0.05) is 36.4 Å². The summed E-state index contributed by atoms with van der Waals surface area (Å²) in [5.74, 6) is 0. The predicted molar refractivity (Wildman–Crippen MR) is 72.1 cm³/mol. The highest BCUT2D eigenvalue weighted by molar-refractivity contribution is 5.14. The lowest BCUT2D eigenvalue weighted by molar-refractivity contribution is 0.240. The summed E-state index contributed by atoms with van der Waals surface area (Å²) in [5, 5.41) is 12.7. The molecule has 0 amide bonds. The molecule has 0 fully saturated rings. The van der Waals surface area contributed by atoms with Gasteiger partial charge >= 0.3 is 0 Å². The van der Waals surface area contributed by atoms with Crippen molar-refractivity contribution in [1.29, 1.82) is 0 Å². The molecule has 3 heteroatoms. The van der Waals surface area contributed by atoms with E-state index in [1.165, 1.54) is 5.56 Å². The minimum absolute atomic E-state index is 0.0418. The van der Waals surface area contributed by atoms with Crippen molar-refractivity contribution in [2.24, 2.45) is 0 Å². The fraction of sp³-hybridized carbons (Fsp3) is 0.267.